The smallest absolute Gasteiger partial charge is 0.407 e. The molecule has 0 unspecified atom stereocenters. The van der Waals surface area contributed by atoms with Crippen molar-refractivity contribution in [3.63, 3.8) is 0 Å². The highest BCUT2D eigenvalue weighted by molar-refractivity contribution is 6.04. The van der Waals surface area contributed by atoms with Gasteiger partial charge in [-0.3, -0.25) is 9.78 Å². The molecule has 0 radical (unpaired) electrons. The maximum atomic E-state index is 12.1. The van der Waals surface area contributed by atoms with Gasteiger partial charge in [-0.2, -0.15) is 0 Å². The maximum absolute atomic E-state index is 12.1. The highest BCUT2D eigenvalue weighted by Gasteiger charge is 2.27. The number of amides is 2. The molecule has 1 aromatic heterocycles. The van der Waals surface area contributed by atoms with Gasteiger partial charge in [0.05, 0.1) is 6.04 Å². The fourth-order valence-electron chi connectivity index (χ4n) is 3.45. The van der Waals surface area contributed by atoms with E-state index in [0.29, 0.717) is 6.54 Å². The van der Waals surface area contributed by atoms with Crippen molar-refractivity contribution in [2.45, 2.75) is 38.8 Å². The van der Waals surface area contributed by atoms with Crippen LogP contribution in [-0.4, -0.2) is 48.8 Å². The standard InChI is InChI=1S/C22H28N4O3/c1-6-20(27)25(5)17-11-15-7-9-23-13-18(15)19(12-17)26-10-8-16(14-26)24-21(28)29-22(2,3)4/h6-7,9,11-13,16H,1,8,10,14H2,2-5H3,(H,24,28)/t16-/m1/s1. The number of likely N-dealkylation sites (N-methyl/N-ethyl adjacent to an activating group) is 1. The van der Waals surface area contributed by atoms with Gasteiger partial charge in [-0.1, -0.05) is 6.58 Å². The summed E-state index contributed by atoms with van der Waals surface area (Å²) < 4.78 is 5.37. The van der Waals surface area contributed by atoms with Crippen LogP contribution in [-0.2, 0) is 9.53 Å². The van der Waals surface area contributed by atoms with Crippen molar-refractivity contribution in [3.05, 3.63) is 43.2 Å². The second-order valence-electron chi connectivity index (χ2n) is 8.24. The van der Waals surface area contributed by atoms with Crippen molar-refractivity contribution in [1.29, 1.82) is 0 Å². The molecule has 29 heavy (non-hydrogen) atoms. The van der Waals surface area contributed by atoms with Crippen LogP contribution in [0.3, 0.4) is 0 Å². The minimum atomic E-state index is -0.527. The van der Waals surface area contributed by atoms with Gasteiger partial charge in [0.2, 0.25) is 5.91 Å². The van der Waals surface area contributed by atoms with Crippen LogP contribution in [0.5, 0.6) is 0 Å². The first-order valence-electron chi connectivity index (χ1n) is 9.70. The molecule has 0 bridgehead atoms. The summed E-state index contributed by atoms with van der Waals surface area (Å²) in [4.78, 5) is 32.2. The summed E-state index contributed by atoms with van der Waals surface area (Å²) in [6, 6.07) is 5.88. The number of carbonyl (C=O) groups excluding carboxylic acids is 2. The molecule has 2 amide bonds. The van der Waals surface area contributed by atoms with Crippen LogP contribution in [0.15, 0.2) is 43.2 Å². The molecule has 1 N–H and O–H groups in total. The number of rotatable bonds is 4. The van der Waals surface area contributed by atoms with E-state index in [1.54, 1.807) is 18.1 Å². The van der Waals surface area contributed by atoms with Crippen molar-refractivity contribution < 1.29 is 14.3 Å². The minimum Gasteiger partial charge on any atom is -0.444 e. The number of nitrogens with zero attached hydrogens (tertiary/aromatic N) is 3. The first kappa shape index (κ1) is 20.6. The highest BCUT2D eigenvalue weighted by Crippen LogP contribution is 2.34. The Morgan fingerprint density at radius 2 is 2.14 bits per heavy atom. The van der Waals surface area contributed by atoms with E-state index in [9.17, 15) is 9.59 Å². The van der Waals surface area contributed by atoms with Crippen molar-refractivity contribution >= 4 is 34.1 Å². The van der Waals surface area contributed by atoms with Crippen LogP contribution in [0.1, 0.15) is 27.2 Å². The summed E-state index contributed by atoms with van der Waals surface area (Å²) in [6.45, 7) is 10.6. The number of hydrogen-bond acceptors (Lipinski definition) is 5. The Morgan fingerprint density at radius 3 is 2.83 bits per heavy atom. The number of aromatic nitrogens is 1. The molecular formula is C22H28N4O3. The SMILES string of the molecule is C=CC(=O)N(C)c1cc(N2CC[C@@H](NC(=O)OC(C)(C)C)C2)c2cnccc2c1. The van der Waals surface area contributed by atoms with E-state index in [1.807, 2.05) is 45.2 Å². The molecule has 1 saturated heterocycles. The topological polar surface area (TPSA) is 74.8 Å². The lowest BCUT2D eigenvalue weighted by Gasteiger charge is -2.25. The van der Waals surface area contributed by atoms with Crippen LogP contribution < -0.4 is 15.1 Å². The third kappa shape index (κ3) is 4.85. The van der Waals surface area contributed by atoms with Gasteiger partial charge < -0.3 is 19.9 Å². The van der Waals surface area contributed by atoms with Crippen molar-refractivity contribution in [2.75, 3.05) is 29.9 Å². The van der Waals surface area contributed by atoms with Gasteiger partial charge in [-0.15, -0.1) is 0 Å². The van der Waals surface area contributed by atoms with E-state index < -0.39 is 11.7 Å². The van der Waals surface area contributed by atoms with Gasteiger partial charge in [-0.05, 0) is 56.9 Å². The van der Waals surface area contributed by atoms with Crippen LogP contribution in [0, 0.1) is 0 Å². The molecule has 0 aliphatic carbocycles. The van der Waals surface area contributed by atoms with Gasteiger partial charge in [0.1, 0.15) is 5.60 Å². The Balaban J connectivity index is 1.85. The summed E-state index contributed by atoms with van der Waals surface area (Å²) in [5, 5.41) is 4.96. The summed E-state index contributed by atoms with van der Waals surface area (Å²) in [5.74, 6) is -0.171. The first-order valence-corrected chi connectivity index (χ1v) is 9.70. The number of ether oxygens (including phenoxy) is 1. The Hall–Kier alpha value is -3.09. The summed E-state index contributed by atoms with van der Waals surface area (Å²) in [7, 11) is 1.73. The number of pyridine rings is 1. The molecule has 1 atom stereocenters. The molecule has 154 valence electrons. The molecule has 2 aromatic rings. The molecule has 1 aliphatic rings. The van der Waals surface area contributed by atoms with Crippen LogP contribution in [0.4, 0.5) is 16.2 Å². The lowest BCUT2D eigenvalue weighted by Crippen LogP contribution is -2.40. The molecular weight excluding hydrogens is 368 g/mol. The number of nitrogens with one attached hydrogen (secondary N) is 1. The van der Waals surface area contributed by atoms with E-state index in [-0.39, 0.29) is 11.9 Å². The minimum absolute atomic E-state index is 0.00670. The maximum Gasteiger partial charge on any atom is 0.407 e. The zero-order valence-corrected chi connectivity index (χ0v) is 17.4. The zero-order valence-electron chi connectivity index (χ0n) is 17.4. The van der Waals surface area contributed by atoms with Gasteiger partial charge >= 0.3 is 6.09 Å². The van der Waals surface area contributed by atoms with E-state index in [0.717, 1.165) is 35.1 Å². The quantitative estimate of drug-likeness (QED) is 0.801. The number of alkyl carbamates (subject to hydrolysis) is 1. The fraction of sp³-hybridized carbons (Fsp3) is 0.409. The second kappa shape index (κ2) is 8.11. The lowest BCUT2D eigenvalue weighted by molar-refractivity contribution is -0.113. The monoisotopic (exact) mass is 396 g/mol. The van der Waals surface area contributed by atoms with Gasteiger partial charge in [0, 0.05) is 49.3 Å². The highest BCUT2D eigenvalue weighted by atomic mass is 16.6. The fourth-order valence-corrected chi connectivity index (χ4v) is 3.45. The van der Waals surface area contributed by atoms with Crippen molar-refractivity contribution in [3.8, 4) is 0 Å². The number of hydrogen-bond donors (Lipinski definition) is 1. The number of benzene rings is 1. The third-order valence-electron chi connectivity index (χ3n) is 4.86. The third-order valence-corrected chi connectivity index (χ3v) is 4.86. The summed E-state index contributed by atoms with van der Waals surface area (Å²) >= 11 is 0. The van der Waals surface area contributed by atoms with Crippen LogP contribution in [0.2, 0.25) is 0 Å². The van der Waals surface area contributed by atoms with Crippen LogP contribution >= 0.6 is 0 Å². The Labute approximate surface area is 171 Å². The molecule has 1 aliphatic heterocycles. The molecule has 2 heterocycles. The van der Waals surface area contributed by atoms with Gasteiger partial charge in [0.15, 0.2) is 0 Å². The molecule has 7 nitrogen and oxygen atoms in total. The molecule has 0 saturated carbocycles. The van der Waals surface area contributed by atoms with E-state index in [4.69, 9.17) is 4.74 Å². The van der Waals surface area contributed by atoms with Crippen molar-refractivity contribution in [1.82, 2.24) is 10.3 Å². The average molecular weight is 396 g/mol. The van der Waals surface area contributed by atoms with Crippen LogP contribution in [0.25, 0.3) is 10.8 Å². The lowest BCUT2D eigenvalue weighted by atomic mass is 10.1. The number of carbonyl (C=O) groups is 2. The van der Waals surface area contributed by atoms with E-state index >= 15 is 0 Å². The summed E-state index contributed by atoms with van der Waals surface area (Å²) in [5.41, 5.74) is 1.25. The number of anilines is 2. The van der Waals surface area contributed by atoms with E-state index in [1.165, 1.54) is 6.08 Å². The van der Waals surface area contributed by atoms with Gasteiger partial charge in [-0.25, -0.2) is 4.79 Å². The summed E-state index contributed by atoms with van der Waals surface area (Å²) in [6.07, 6.45) is 5.28. The molecule has 1 fully saturated rings. The Kier molecular flexibility index (Phi) is 5.77. The normalized spacial score (nSPS) is 16.6. The molecule has 0 spiro atoms. The Morgan fingerprint density at radius 1 is 1.38 bits per heavy atom. The molecule has 3 rings (SSSR count). The van der Waals surface area contributed by atoms with Crippen molar-refractivity contribution in [2.24, 2.45) is 0 Å². The molecule has 7 heteroatoms. The molecule has 1 aromatic carbocycles. The largest absolute Gasteiger partial charge is 0.444 e. The Bertz CT molecular complexity index is 935. The number of fused-ring (bicyclic) bond motifs is 1. The predicted molar refractivity (Wildman–Crippen MR) is 115 cm³/mol. The average Bonchev–Trinajstić information content (AvgIpc) is 3.12. The second-order valence-corrected chi connectivity index (χ2v) is 8.24. The zero-order chi connectivity index (χ0) is 21.2. The predicted octanol–water partition coefficient (Wildman–Crippen LogP) is 3.49. The van der Waals surface area contributed by atoms with Gasteiger partial charge in [0.25, 0.3) is 0 Å². The van der Waals surface area contributed by atoms with E-state index in [2.05, 4.69) is 21.8 Å². The first-order chi connectivity index (χ1) is 13.7.